The van der Waals surface area contributed by atoms with E-state index in [1.165, 1.54) is 0 Å². The van der Waals surface area contributed by atoms with Gasteiger partial charge in [-0.25, -0.2) is 0 Å². The molecular formula is C10H14N2O. The van der Waals surface area contributed by atoms with Crippen LogP contribution in [0.15, 0.2) is 12.1 Å². The fourth-order valence-corrected chi connectivity index (χ4v) is 1.56. The number of hydrogen-bond donors (Lipinski definition) is 2. The molecule has 0 aliphatic carbocycles. The maximum Gasteiger partial charge on any atom is 0.249 e. The number of nitrogens with two attached hydrogens (primary N) is 2. The summed E-state index contributed by atoms with van der Waals surface area (Å²) in [7, 11) is 0. The Morgan fingerprint density at radius 2 is 1.77 bits per heavy atom. The monoisotopic (exact) mass is 178 g/mol. The maximum absolute atomic E-state index is 11.0. The Labute approximate surface area is 77.7 Å². The lowest BCUT2D eigenvalue weighted by Gasteiger charge is -2.08. The van der Waals surface area contributed by atoms with Gasteiger partial charge in [0.15, 0.2) is 0 Å². The summed E-state index contributed by atoms with van der Waals surface area (Å²) in [5.74, 6) is -0.376. The minimum Gasteiger partial charge on any atom is -0.366 e. The topological polar surface area (TPSA) is 69.1 Å². The van der Waals surface area contributed by atoms with Gasteiger partial charge in [-0.3, -0.25) is 4.79 Å². The van der Waals surface area contributed by atoms with E-state index in [4.69, 9.17) is 11.5 Å². The maximum atomic E-state index is 11.0. The molecule has 1 amide bonds. The molecule has 13 heavy (non-hydrogen) atoms. The fraction of sp³-hybridized carbons (Fsp3) is 0.300. The van der Waals surface area contributed by atoms with E-state index in [1.807, 2.05) is 26.0 Å². The van der Waals surface area contributed by atoms with Gasteiger partial charge in [-0.2, -0.15) is 0 Å². The van der Waals surface area contributed by atoms with E-state index >= 15 is 0 Å². The zero-order valence-corrected chi connectivity index (χ0v) is 7.92. The molecule has 0 saturated carbocycles. The SMILES string of the molecule is Cc1cc(CN)cc(C)c1C(N)=O. The molecule has 0 saturated heterocycles. The highest BCUT2D eigenvalue weighted by Gasteiger charge is 2.08. The highest BCUT2D eigenvalue weighted by Crippen LogP contribution is 2.15. The molecule has 1 rings (SSSR count). The number of amides is 1. The minimum atomic E-state index is -0.376. The van der Waals surface area contributed by atoms with Crippen molar-refractivity contribution in [3.63, 3.8) is 0 Å². The average molecular weight is 178 g/mol. The lowest BCUT2D eigenvalue weighted by Crippen LogP contribution is -2.15. The molecule has 70 valence electrons. The van der Waals surface area contributed by atoms with E-state index in [-0.39, 0.29) is 5.91 Å². The third kappa shape index (κ3) is 1.87. The van der Waals surface area contributed by atoms with Gasteiger partial charge in [0.05, 0.1) is 0 Å². The normalized spacial score (nSPS) is 10.1. The van der Waals surface area contributed by atoms with E-state index in [2.05, 4.69) is 0 Å². The summed E-state index contributed by atoms with van der Waals surface area (Å²) in [5.41, 5.74) is 14.2. The fourth-order valence-electron chi connectivity index (χ4n) is 1.56. The van der Waals surface area contributed by atoms with Crippen LogP contribution in [0.4, 0.5) is 0 Å². The molecule has 4 N–H and O–H groups in total. The summed E-state index contributed by atoms with van der Waals surface area (Å²) in [6, 6.07) is 3.79. The second kappa shape index (κ2) is 3.58. The number of rotatable bonds is 2. The first-order valence-electron chi connectivity index (χ1n) is 4.16. The van der Waals surface area contributed by atoms with Gasteiger partial charge in [0.1, 0.15) is 0 Å². The van der Waals surface area contributed by atoms with Gasteiger partial charge in [0.2, 0.25) is 5.91 Å². The van der Waals surface area contributed by atoms with Crippen molar-refractivity contribution >= 4 is 5.91 Å². The summed E-state index contributed by atoms with van der Waals surface area (Å²) >= 11 is 0. The van der Waals surface area contributed by atoms with Crippen molar-refractivity contribution in [1.82, 2.24) is 0 Å². The van der Waals surface area contributed by atoms with Gasteiger partial charge < -0.3 is 11.5 Å². The zero-order valence-electron chi connectivity index (χ0n) is 7.92. The van der Waals surface area contributed by atoms with Crippen molar-refractivity contribution in [1.29, 1.82) is 0 Å². The van der Waals surface area contributed by atoms with Gasteiger partial charge in [-0.15, -0.1) is 0 Å². The van der Waals surface area contributed by atoms with E-state index < -0.39 is 0 Å². The van der Waals surface area contributed by atoms with Crippen LogP contribution in [0.25, 0.3) is 0 Å². The molecule has 3 heteroatoms. The van der Waals surface area contributed by atoms with Crippen LogP contribution in [-0.2, 0) is 6.54 Å². The molecule has 0 atom stereocenters. The van der Waals surface area contributed by atoms with E-state index in [9.17, 15) is 4.79 Å². The molecule has 0 bridgehead atoms. The van der Waals surface area contributed by atoms with Crippen LogP contribution < -0.4 is 11.5 Å². The number of carbonyl (C=O) groups is 1. The first-order valence-corrected chi connectivity index (χ1v) is 4.16. The van der Waals surface area contributed by atoms with Gasteiger partial charge in [-0.1, -0.05) is 12.1 Å². The van der Waals surface area contributed by atoms with E-state index in [1.54, 1.807) is 0 Å². The van der Waals surface area contributed by atoms with Gasteiger partial charge in [-0.05, 0) is 30.5 Å². The summed E-state index contributed by atoms with van der Waals surface area (Å²) in [6.07, 6.45) is 0. The molecule has 0 aromatic heterocycles. The van der Waals surface area contributed by atoms with Crippen LogP contribution in [-0.4, -0.2) is 5.91 Å². The van der Waals surface area contributed by atoms with Gasteiger partial charge in [0.25, 0.3) is 0 Å². The number of carbonyl (C=O) groups excluding carboxylic acids is 1. The zero-order chi connectivity index (χ0) is 10.0. The van der Waals surface area contributed by atoms with E-state index in [0.29, 0.717) is 12.1 Å². The largest absolute Gasteiger partial charge is 0.366 e. The first kappa shape index (κ1) is 9.74. The highest BCUT2D eigenvalue weighted by atomic mass is 16.1. The Balaban J connectivity index is 3.31. The van der Waals surface area contributed by atoms with Crippen molar-refractivity contribution < 1.29 is 4.79 Å². The molecule has 0 unspecified atom stereocenters. The van der Waals surface area contributed by atoms with Gasteiger partial charge in [0, 0.05) is 12.1 Å². The number of hydrogen-bond acceptors (Lipinski definition) is 2. The third-order valence-corrected chi connectivity index (χ3v) is 2.07. The predicted octanol–water partition coefficient (Wildman–Crippen LogP) is 0.861. The van der Waals surface area contributed by atoms with Crippen molar-refractivity contribution in [3.05, 3.63) is 34.4 Å². The summed E-state index contributed by atoms with van der Waals surface area (Å²) in [4.78, 5) is 11.0. The van der Waals surface area contributed by atoms with Crippen molar-refractivity contribution in [2.45, 2.75) is 20.4 Å². The van der Waals surface area contributed by atoms with Crippen LogP contribution in [0.3, 0.4) is 0 Å². The Kier molecular flexibility index (Phi) is 2.68. The summed E-state index contributed by atoms with van der Waals surface area (Å²) in [6.45, 7) is 4.22. The average Bonchev–Trinajstić information content (AvgIpc) is 2.02. The second-order valence-corrected chi connectivity index (χ2v) is 3.17. The Morgan fingerprint density at radius 3 is 2.08 bits per heavy atom. The smallest absolute Gasteiger partial charge is 0.249 e. The number of primary amides is 1. The number of aryl methyl sites for hydroxylation is 2. The standard InChI is InChI=1S/C10H14N2O/c1-6-3-8(5-11)4-7(2)9(6)10(12)13/h3-4H,5,11H2,1-2H3,(H2,12,13). The summed E-state index contributed by atoms with van der Waals surface area (Å²) in [5, 5.41) is 0. The minimum absolute atomic E-state index is 0.376. The van der Waals surface area contributed by atoms with Crippen molar-refractivity contribution in [2.75, 3.05) is 0 Å². The Hall–Kier alpha value is -1.35. The highest BCUT2D eigenvalue weighted by molar-refractivity contribution is 5.95. The molecule has 0 spiro atoms. The molecule has 0 fully saturated rings. The van der Waals surface area contributed by atoms with Crippen LogP contribution in [0.5, 0.6) is 0 Å². The molecule has 0 aliphatic heterocycles. The quantitative estimate of drug-likeness (QED) is 0.705. The lowest BCUT2D eigenvalue weighted by molar-refractivity contribution is 0.0999. The Morgan fingerprint density at radius 1 is 1.31 bits per heavy atom. The van der Waals surface area contributed by atoms with Crippen molar-refractivity contribution in [2.24, 2.45) is 11.5 Å². The van der Waals surface area contributed by atoms with Gasteiger partial charge >= 0.3 is 0 Å². The van der Waals surface area contributed by atoms with Crippen LogP contribution in [0, 0.1) is 13.8 Å². The molecular weight excluding hydrogens is 164 g/mol. The summed E-state index contributed by atoms with van der Waals surface area (Å²) < 4.78 is 0. The van der Waals surface area contributed by atoms with Crippen LogP contribution in [0.1, 0.15) is 27.0 Å². The predicted molar refractivity (Wildman–Crippen MR) is 52.3 cm³/mol. The van der Waals surface area contributed by atoms with Crippen molar-refractivity contribution in [3.8, 4) is 0 Å². The number of benzene rings is 1. The third-order valence-electron chi connectivity index (χ3n) is 2.07. The molecule has 1 aromatic rings. The second-order valence-electron chi connectivity index (χ2n) is 3.17. The lowest BCUT2D eigenvalue weighted by atomic mass is 9.99. The molecule has 1 aromatic carbocycles. The van der Waals surface area contributed by atoms with Crippen LogP contribution >= 0.6 is 0 Å². The molecule has 0 radical (unpaired) electrons. The van der Waals surface area contributed by atoms with E-state index in [0.717, 1.165) is 16.7 Å². The Bertz CT molecular complexity index is 322. The first-order chi connectivity index (χ1) is 6.06. The molecule has 0 heterocycles. The van der Waals surface area contributed by atoms with Crippen LogP contribution in [0.2, 0.25) is 0 Å². The molecule has 0 aliphatic rings. The molecule has 3 nitrogen and oxygen atoms in total.